The van der Waals surface area contributed by atoms with Crippen LogP contribution in [0, 0.1) is 0 Å². The molecule has 0 aliphatic carbocycles. The van der Waals surface area contributed by atoms with Crippen molar-refractivity contribution in [1.29, 1.82) is 0 Å². The number of likely N-dealkylation sites (N-methyl/N-ethyl adjacent to an activating group) is 1. The Kier molecular flexibility index (Phi) is 7.38. The number of carbonyl (C=O) groups excluding carboxylic acids is 1. The van der Waals surface area contributed by atoms with Gasteiger partial charge in [-0.15, -0.1) is 0 Å². The number of halogens is 1. The highest BCUT2D eigenvalue weighted by atomic mass is 35.5. The smallest absolute Gasteiger partial charge is 0.409 e. The monoisotopic (exact) mass is 499 g/mol. The molecule has 2 heterocycles. The molecule has 3 aromatic rings. The van der Waals surface area contributed by atoms with E-state index in [1.165, 1.54) is 21.3 Å². The summed E-state index contributed by atoms with van der Waals surface area (Å²) in [6.45, 7) is 0.393. The maximum atomic E-state index is 13.6. The standard InChI is InChI=1S/C25H26ClN3O4S/c1-28(17-15-21-7-4-5-16-27-21)25(30)33-18-22-12-9-19-6-2-3-8-24(19)29(22)34(31,32)23-13-10-20(26)11-14-23/h2-8,10-11,13-14,16,22H,9,12,15,17-18H2,1H3. The maximum Gasteiger partial charge on any atom is 0.409 e. The van der Waals surface area contributed by atoms with Crippen LogP contribution in [0.25, 0.3) is 0 Å². The first kappa shape index (κ1) is 24.0. The molecule has 0 radical (unpaired) electrons. The highest BCUT2D eigenvalue weighted by Gasteiger charge is 2.36. The zero-order chi connectivity index (χ0) is 24.1. The van der Waals surface area contributed by atoms with Crippen LogP contribution in [0.15, 0.2) is 77.8 Å². The van der Waals surface area contributed by atoms with E-state index in [-0.39, 0.29) is 11.5 Å². The van der Waals surface area contributed by atoms with Crippen LogP contribution in [0.3, 0.4) is 0 Å². The molecule has 0 fully saturated rings. The summed E-state index contributed by atoms with van der Waals surface area (Å²) in [5.74, 6) is 0. The summed E-state index contributed by atoms with van der Waals surface area (Å²) in [4.78, 5) is 18.5. The Morgan fingerprint density at radius 1 is 1.12 bits per heavy atom. The minimum absolute atomic E-state index is 0.0477. The Morgan fingerprint density at radius 2 is 1.85 bits per heavy atom. The van der Waals surface area contributed by atoms with Crippen LogP contribution in [0.5, 0.6) is 0 Å². The summed E-state index contributed by atoms with van der Waals surface area (Å²) >= 11 is 5.96. The van der Waals surface area contributed by atoms with Gasteiger partial charge in [0.15, 0.2) is 0 Å². The van der Waals surface area contributed by atoms with Crippen LogP contribution < -0.4 is 4.31 Å². The van der Waals surface area contributed by atoms with E-state index in [1.54, 1.807) is 31.4 Å². The lowest BCUT2D eigenvalue weighted by atomic mass is 9.98. The van der Waals surface area contributed by atoms with Crippen molar-refractivity contribution in [2.24, 2.45) is 0 Å². The molecule has 0 spiro atoms. The van der Waals surface area contributed by atoms with Crippen LogP contribution in [0.4, 0.5) is 10.5 Å². The SMILES string of the molecule is CN(CCc1ccccn1)C(=O)OCC1CCc2ccccc2N1S(=O)(=O)c1ccc(Cl)cc1. The number of fused-ring (bicyclic) bond motifs is 1. The average molecular weight is 500 g/mol. The Balaban J connectivity index is 1.50. The van der Waals surface area contributed by atoms with Crippen molar-refractivity contribution in [3.8, 4) is 0 Å². The molecule has 1 aliphatic rings. The third kappa shape index (κ3) is 5.34. The van der Waals surface area contributed by atoms with Crippen molar-refractivity contribution in [3.63, 3.8) is 0 Å². The first-order valence-corrected chi connectivity index (χ1v) is 12.8. The number of amides is 1. The predicted molar refractivity (Wildman–Crippen MR) is 132 cm³/mol. The highest BCUT2D eigenvalue weighted by molar-refractivity contribution is 7.92. The number of para-hydroxylation sites is 1. The number of carbonyl (C=O) groups is 1. The van der Waals surface area contributed by atoms with Crippen molar-refractivity contribution >= 4 is 33.4 Å². The highest BCUT2D eigenvalue weighted by Crippen LogP contribution is 2.35. The van der Waals surface area contributed by atoms with E-state index in [2.05, 4.69) is 4.98 Å². The zero-order valence-corrected chi connectivity index (χ0v) is 20.4. The third-order valence-electron chi connectivity index (χ3n) is 5.82. The minimum Gasteiger partial charge on any atom is -0.447 e. The Labute approximate surface area is 205 Å². The van der Waals surface area contributed by atoms with Crippen LogP contribution in [-0.2, 0) is 27.6 Å². The molecule has 0 saturated carbocycles. The number of hydrogen-bond donors (Lipinski definition) is 0. The normalized spacial score (nSPS) is 15.5. The molecule has 1 aliphatic heterocycles. The summed E-state index contributed by atoms with van der Waals surface area (Å²) in [6.07, 6.45) is 3.04. The Bertz CT molecular complexity index is 1240. The van der Waals surface area contributed by atoms with Gasteiger partial charge in [0.1, 0.15) is 6.61 Å². The van der Waals surface area contributed by atoms with Crippen LogP contribution in [-0.4, -0.2) is 50.6 Å². The first-order chi connectivity index (χ1) is 16.4. The van der Waals surface area contributed by atoms with Gasteiger partial charge in [-0.2, -0.15) is 0 Å². The number of hydrogen-bond acceptors (Lipinski definition) is 5. The van der Waals surface area contributed by atoms with Crippen molar-refractivity contribution in [1.82, 2.24) is 9.88 Å². The second kappa shape index (κ2) is 10.4. The van der Waals surface area contributed by atoms with Crippen molar-refractivity contribution in [2.45, 2.75) is 30.2 Å². The van der Waals surface area contributed by atoms with Crippen molar-refractivity contribution < 1.29 is 17.9 Å². The molecule has 1 aromatic heterocycles. The molecule has 178 valence electrons. The average Bonchev–Trinajstić information content (AvgIpc) is 2.86. The van der Waals surface area contributed by atoms with Gasteiger partial charge in [0, 0.05) is 36.9 Å². The number of pyridine rings is 1. The lowest BCUT2D eigenvalue weighted by Gasteiger charge is -2.37. The minimum atomic E-state index is -3.89. The van der Waals surface area contributed by atoms with E-state index >= 15 is 0 Å². The predicted octanol–water partition coefficient (Wildman–Crippen LogP) is 4.56. The summed E-state index contributed by atoms with van der Waals surface area (Å²) in [6, 6.07) is 18.6. The largest absolute Gasteiger partial charge is 0.447 e. The molecule has 7 nitrogen and oxygen atoms in total. The van der Waals surface area contributed by atoms with Crippen molar-refractivity contribution in [3.05, 3.63) is 89.2 Å². The van der Waals surface area contributed by atoms with Crippen molar-refractivity contribution in [2.75, 3.05) is 24.5 Å². The quantitative estimate of drug-likeness (QED) is 0.476. The van der Waals surface area contributed by atoms with E-state index in [0.717, 1.165) is 11.3 Å². The Hall–Kier alpha value is -3.10. The summed E-state index contributed by atoms with van der Waals surface area (Å²) in [7, 11) is -2.24. The number of nitrogens with zero attached hydrogens (tertiary/aromatic N) is 3. The number of rotatable bonds is 7. The topological polar surface area (TPSA) is 79.8 Å². The van der Waals surface area contributed by atoms with Crippen LogP contribution in [0.2, 0.25) is 5.02 Å². The number of benzene rings is 2. The fourth-order valence-corrected chi connectivity index (χ4v) is 5.80. The lowest BCUT2D eigenvalue weighted by Crippen LogP contribution is -2.47. The number of anilines is 1. The molecule has 4 rings (SSSR count). The second-order valence-electron chi connectivity index (χ2n) is 8.15. The van der Waals surface area contributed by atoms with Crippen LogP contribution >= 0.6 is 11.6 Å². The van der Waals surface area contributed by atoms with Gasteiger partial charge in [0.05, 0.1) is 16.6 Å². The van der Waals surface area contributed by atoms with E-state index < -0.39 is 22.2 Å². The fraction of sp³-hybridized carbons (Fsp3) is 0.280. The van der Waals surface area contributed by atoms with Gasteiger partial charge in [0.2, 0.25) is 0 Å². The van der Waals surface area contributed by atoms with Gasteiger partial charge in [0.25, 0.3) is 10.0 Å². The van der Waals surface area contributed by atoms with Gasteiger partial charge in [-0.3, -0.25) is 9.29 Å². The van der Waals surface area contributed by atoms with E-state index in [1.807, 2.05) is 36.4 Å². The number of sulfonamides is 1. The molecular formula is C25H26ClN3O4S. The molecular weight excluding hydrogens is 474 g/mol. The van der Waals surface area contributed by atoms with Crippen LogP contribution in [0.1, 0.15) is 17.7 Å². The van der Waals surface area contributed by atoms with E-state index in [9.17, 15) is 13.2 Å². The van der Waals surface area contributed by atoms with E-state index in [4.69, 9.17) is 16.3 Å². The summed E-state index contributed by atoms with van der Waals surface area (Å²) in [5.41, 5.74) is 2.43. The van der Waals surface area contributed by atoms with Gasteiger partial charge < -0.3 is 9.64 Å². The van der Waals surface area contributed by atoms with Gasteiger partial charge in [-0.1, -0.05) is 35.9 Å². The number of aryl methyl sites for hydroxylation is 1. The Morgan fingerprint density at radius 3 is 2.59 bits per heavy atom. The molecule has 34 heavy (non-hydrogen) atoms. The summed E-state index contributed by atoms with van der Waals surface area (Å²) < 4.78 is 34.2. The van der Waals surface area contributed by atoms with E-state index in [0.29, 0.717) is 36.5 Å². The first-order valence-electron chi connectivity index (χ1n) is 11.0. The summed E-state index contributed by atoms with van der Waals surface area (Å²) in [5, 5.41) is 0.456. The molecule has 0 N–H and O–H groups in total. The molecule has 1 unspecified atom stereocenters. The molecule has 2 aromatic carbocycles. The van der Waals surface area contributed by atoms with Gasteiger partial charge >= 0.3 is 6.09 Å². The molecule has 1 atom stereocenters. The van der Waals surface area contributed by atoms with Gasteiger partial charge in [-0.25, -0.2) is 13.2 Å². The maximum absolute atomic E-state index is 13.6. The molecule has 9 heteroatoms. The second-order valence-corrected chi connectivity index (χ2v) is 10.4. The third-order valence-corrected chi connectivity index (χ3v) is 7.95. The zero-order valence-electron chi connectivity index (χ0n) is 18.8. The van der Waals surface area contributed by atoms with Gasteiger partial charge in [-0.05, 0) is 60.9 Å². The fourth-order valence-electron chi connectivity index (χ4n) is 3.97. The molecule has 1 amide bonds. The molecule has 0 bridgehead atoms. The number of aromatic nitrogens is 1. The number of ether oxygens (including phenoxy) is 1. The molecule has 0 saturated heterocycles. The lowest BCUT2D eigenvalue weighted by molar-refractivity contribution is 0.104.